The van der Waals surface area contributed by atoms with Crippen molar-refractivity contribution in [1.29, 1.82) is 0 Å². The fourth-order valence-electron chi connectivity index (χ4n) is 1.54. The molecule has 3 rings (SSSR count). The summed E-state index contributed by atoms with van der Waals surface area (Å²) in [4.78, 5) is 0. The van der Waals surface area contributed by atoms with E-state index >= 15 is 0 Å². The highest BCUT2D eigenvalue weighted by molar-refractivity contribution is 7.21. The van der Waals surface area contributed by atoms with Gasteiger partial charge in [0.2, 0.25) is 0 Å². The van der Waals surface area contributed by atoms with E-state index in [1.807, 2.05) is 42.5 Å². The van der Waals surface area contributed by atoms with Crippen molar-refractivity contribution in [2.24, 2.45) is 0 Å². The maximum atomic E-state index is 5.85. The van der Waals surface area contributed by atoms with Crippen LogP contribution in [0.4, 0.5) is 0 Å². The Morgan fingerprint density at radius 2 is 1.69 bits per heavy atom. The monoisotopic (exact) mass is 247 g/mol. The summed E-state index contributed by atoms with van der Waals surface area (Å²) in [7, 11) is 0. The topological polar surface area (TPSA) is 11.3 Å². The molecule has 0 aliphatic heterocycles. The number of benzene rings is 2. The number of hydrogen-bond acceptors (Lipinski definition) is 1. The highest BCUT2D eigenvalue weighted by Crippen LogP contribution is 2.33. The van der Waals surface area contributed by atoms with Crippen LogP contribution in [0.5, 0.6) is 0 Å². The van der Waals surface area contributed by atoms with E-state index in [-0.39, 0.29) is 0 Å². The van der Waals surface area contributed by atoms with Crippen LogP contribution < -0.4 is 0 Å². The molecule has 0 atom stereocenters. The lowest BCUT2D eigenvalue weighted by atomic mass is 10.2. The summed E-state index contributed by atoms with van der Waals surface area (Å²) in [6.07, 6.45) is 0. The molecule has 3 aromatic rings. The van der Waals surface area contributed by atoms with Crippen LogP contribution in [0.3, 0.4) is 0 Å². The Kier molecular flexibility index (Phi) is 2.39. The van der Waals surface area contributed by atoms with Gasteiger partial charge in [0.15, 0.2) is 0 Å². The minimum Gasteiger partial charge on any atom is -0.194 e. The summed E-state index contributed by atoms with van der Waals surface area (Å²) in [6, 6.07) is 15.7. The van der Waals surface area contributed by atoms with Gasteiger partial charge in [-0.05, 0) is 41.7 Å². The standard InChI is InChI=1S/C13H8ClOS/c14-10-7-5-9(6-8-10)13-15-11-3-1-2-4-12(11)16-13/h1-8H/q+1. The van der Waals surface area contributed by atoms with Crippen LogP contribution in [-0.2, 0) is 0 Å². The van der Waals surface area contributed by atoms with Gasteiger partial charge in [-0.3, -0.25) is 0 Å². The number of hydrogen-bond donors (Lipinski definition) is 0. The molecule has 0 aliphatic rings. The van der Waals surface area contributed by atoms with Crippen LogP contribution in [0, 0.1) is 0 Å². The van der Waals surface area contributed by atoms with Crippen molar-refractivity contribution in [3.8, 4) is 10.6 Å². The first-order valence-electron chi connectivity index (χ1n) is 4.90. The van der Waals surface area contributed by atoms with Crippen LogP contribution in [0.25, 0.3) is 20.9 Å². The van der Waals surface area contributed by atoms with Gasteiger partial charge in [-0.15, -0.1) is 0 Å². The molecule has 16 heavy (non-hydrogen) atoms. The molecule has 0 radical (unpaired) electrons. The first-order chi connectivity index (χ1) is 7.83. The second kappa shape index (κ2) is 3.89. The fraction of sp³-hybridized carbons (Fsp3) is 0. The minimum absolute atomic E-state index is 0.741. The molecule has 0 N–H and O–H groups in total. The van der Waals surface area contributed by atoms with E-state index in [1.54, 1.807) is 11.3 Å². The van der Waals surface area contributed by atoms with E-state index in [0.717, 1.165) is 25.9 Å². The van der Waals surface area contributed by atoms with Gasteiger partial charge in [-0.25, -0.2) is 0 Å². The maximum absolute atomic E-state index is 5.85. The molecule has 0 amide bonds. The summed E-state index contributed by atoms with van der Waals surface area (Å²) in [5, 5.41) is 1.66. The van der Waals surface area contributed by atoms with E-state index in [2.05, 4.69) is 6.07 Å². The molecule has 1 aromatic heterocycles. The van der Waals surface area contributed by atoms with Gasteiger partial charge in [0, 0.05) is 11.1 Å². The second-order valence-electron chi connectivity index (χ2n) is 3.45. The summed E-state index contributed by atoms with van der Waals surface area (Å²) in [5.41, 5.74) is 1.99. The van der Waals surface area contributed by atoms with E-state index in [0.29, 0.717) is 0 Å². The number of rotatable bonds is 1. The Bertz CT molecular complexity index is 595. The molecule has 0 bridgehead atoms. The van der Waals surface area contributed by atoms with Gasteiger partial charge in [-0.2, -0.15) is 4.42 Å². The molecule has 0 saturated heterocycles. The second-order valence-corrected chi connectivity index (χ2v) is 4.90. The van der Waals surface area contributed by atoms with Gasteiger partial charge in [0.25, 0.3) is 0 Å². The molecule has 0 fully saturated rings. The molecule has 1 heterocycles. The average molecular weight is 248 g/mol. The average Bonchev–Trinajstić information content (AvgIpc) is 2.73. The minimum atomic E-state index is 0.741. The van der Waals surface area contributed by atoms with E-state index in [9.17, 15) is 0 Å². The highest BCUT2D eigenvalue weighted by atomic mass is 35.5. The van der Waals surface area contributed by atoms with Crippen LogP contribution in [0.2, 0.25) is 5.02 Å². The lowest BCUT2D eigenvalue weighted by Crippen LogP contribution is -1.69. The third-order valence-electron chi connectivity index (χ3n) is 2.33. The molecular formula is C13H8ClOS+. The first-order valence-corrected chi connectivity index (χ1v) is 6.10. The van der Waals surface area contributed by atoms with Gasteiger partial charge in [0.1, 0.15) is 4.70 Å². The third kappa shape index (κ3) is 1.70. The zero-order chi connectivity index (χ0) is 11.0. The van der Waals surface area contributed by atoms with Crippen LogP contribution in [-0.4, -0.2) is 0 Å². The van der Waals surface area contributed by atoms with Gasteiger partial charge >= 0.3 is 10.7 Å². The Morgan fingerprint density at radius 1 is 0.938 bits per heavy atom. The Hall–Kier alpha value is -1.38. The molecule has 1 nitrogen and oxygen atoms in total. The Morgan fingerprint density at radius 3 is 2.44 bits per heavy atom. The summed E-state index contributed by atoms with van der Waals surface area (Å²) in [5.74, 6) is 0. The zero-order valence-electron chi connectivity index (χ0n) is 8.31. The predicted molar refractivity (Wildman–Crippen MR) is 68.9 cm³/mol. The molecule has 0 saturated carbocycles. The molecule has 2 aromatic carbocycles. The molecule has 0 aliphatic carbocycles. The number of halogens is 1. The lowest BCUT2D eigenvalue weighted by molar-refractivity contribution is 0.639. The summed E-state index contributed by atoms with van der Waals surface area (Å²) < 4.78 is 6.93. The Labute approximate surface area is 102 Å². The zero-order valence-corrected chi connectivity index (χ0v) is 9.89. The summed E-state index contributed by atoms with van der Waals surface area (Å²) in [6.45, 7) is 0. The van der Waals surface area contributed by atoms with Crippen LogP contribution in [0.15, 0.2) is 52.9 Å². The lowest BCUT2D eigenvalue weighted by Gasteiger charge is -1.88. The van der Waals surface area contributed by atoms with E-state index < -0.39 is 0 Å². The molecule has 0 unspecified atom stereocenters. The van der Waals surface area contributed by atoms with Gasteiger partial charge in [-0.1, -0.05) is 23.7 Å². The van der Waals surface area contributed by atoms with Crippen molar-refractivity contribution in [1.82, 2.24) is 0 Å². The maximum Gasteiger partial charge on any atom is 0.418 e. The highest BCUT2D eigenvalue weighted by Gasteiger charge is 2.18. The quantitative estimate of drug-likeness (QED) is 0.545. The van der Waals surface area contributed by atoms with Crippen molar-refractivity contribution in [3.05, 3.63) is 53.6 Å². The summed E-state index contributed by atoms with van der Waals surface area (Å²) >= 11 is 7.50. The largest absolute Gasteiger partial charge is 0.418 e. The molecule has 78 valence electrons. The SMILES string of the molecule is Clc1ccc(-c2[o+]c3ccccc3s2)cc1. The van der Waals surface area contributed by atoms with Crippen molar-refractivity contribution in [3.63, 3.8) is 0 Å². The number of fused-ring (bicyclic) bond motifs is 1. The smallest absolute Gasteiger partial charge is 0.194 e. The van der Waals surface area contributed by atoms with E-state index in [1.165, 1.54) is 0 Å². The fourth-order valence-corrected chi connectivity index (χ4v) is 2.61. The van der Waals surface area contributed by atoms with Gasteiger partial charge < -0.3 is 0 Å². The molecule has 3 heteroatoms. The van der Waals surface area contributed by atoms with Gasteiger partial charge in [0.05, 0.1) is 5.56 Å². The van der Waals surface area contributed by atoms with Crippen molar-refractivity contribution < 1.29 is 4.42 Å². The van der Waals surface area contributed by atoms with Crippen molar-refractivity contribution in [2.75, 3.05) is 0 Å². The van der Waals surface area contributed by atoms with Crippen LogP contribution >= 0.6 is 22.9 Å². The third-order valence-corrected chi connectivity index (χ3v) is 3.65. The van der Waals surface area contributed by atoms with Crippen molar-refractivity contribution in [2.45, 2.75) is 0 Å². The molecule has 0 spiro atoms. The van der Waals surface area contributed by atoms with Crippen LogP contribution in [0.1, 0.15) is 0 Å². The first kappa shape index (κ1) is 9.82. The predicted octanol–water partition coefficient (Wildman–Crippen LogP) is 5.10. The Balaban J connectivity index is 2.15. The van der Waals surface area contributed by atoms with E-state index in [4.69, 9.17) is 16.0 Å². The normalized spacial score (nSPS) is 10.8. The van der Waals surface area contributed by atoms with Crippen molar-refractivity contribution >= 4 is 33.2 Å². The molecular weight excluding hydrogens is 240 g/mol. The number of para-hydroxylation sites is 1.